The summed E-state index contributed by atoms with van der Waals surface area (Å²) < 4.78 is 8.42. The Labute approximate surface area is 179 Å². The molecule has 30 heavy (non-hydrogen) atoms. The van der Waals surface area contributed by atoms with Crippen molar-refractivity contribution in [2.45, 2.75) is 20.0 Å². The van der Waals surface area contributed by atoms with E-state index in [9.17, 15) is 0 Å². The van der Waals surface area contributed by atoms with Crippen LogP contribution in [0.1, 0.15) is 31.1 Å². The number of hydrogen-bond acceptors (Lipinski definition) is 2. The Morgan fingerprint density at radius 3 is 2.10 bits per heavy atom. The van der Waals surface area contributed by atoms with Gasteiger partial charge in [-0.15, -0.1) is 0 Å². The van der Waals surface area contributed by atoms with Gasteiger partial charge in [0.05, 0.1) is 5.69 Å². The third-order valence-corrected chi connectivity index (χ3v) is 6.02. The Bertz CT molecular complexity index is 1110. The van der Waals surface area contributed by atoms with Crippen LogP contribution in [0.15, 0.2) is 78.9 Å². The lowest BCUT2D eigenvalue weighted by Gasteiger charge is -2.23. The number of rotatable bonds is 7. The quantitative estimate of drug-likeness (QED) is 0.357. The van der Waals surface area contributed by atoms with Crippen molar-refractivity contribution in [2.24, 2.45) is 7.05 Å². The zero-order chi connectivity index (χ0) is 21.1. The average molecular weight is 399 g/mol. The van der Waals surface area contributed by atoms with E-state index in [0.717, 1.165) is 13.1 Å². The summed E-state index contributed by atoms with van der Waals surface area (Å²) in [5.74, 6) is 0. The van der Waals surface area contributed by atoms with E-state index in [2.05, 4.69) is 109 Å². The summed E-state index contributed by atoms with van der Waals surface area (Å²) in [6, 6.07) is 28.0. The summed E-state index contributed by atoms with van der Waals surface area (Å²) in [5.41, 5.74) is 7.26. The van der Waals surface area contributed by atoms with E-state index in [0.29, 0.717) is 0 Å². The molecule has 1 unspecified atom stereocenters. The summed E-state index contributed by atoms with van der Waals surface area (Å²) in [6.07, 6.45) is -0.142. The standard InChI is InChI=1S/C27H30N2O/c1-5-29(6-2)22-18-16-21(17-19-22)27(30-4)25-23-14-10-11-15-24(23)28(3)26(25)20-12-8-7-9-13-20/h7-19,27H,5-6H2,1-4H3. The van der Waals surface area contributed by atoms with Crippen LogP contribution in [0.3, 0.4) is 0 Å². The first-order valence-electron chi connectivity index (χ1n) is 10.7. The number of para-hydroxylation sites is 1. The number of hydrogen-bond donors (Lipinski definition) is 0. The largest absolute Gasteiger partial charge is 0.372 e. The normalized spacial score (nSPS) is 12.3. The SMILES string of the molecule is CCN(CC)c1ccc(C(OC)c2c(-c3ccccc3)n(C)c3ccccc23)cc1. The van der Waals surface area contributed by atoms with Crippen molar-refractivity contribution in [2.75, 3.05) is 25.1 Å². The maximum absolute atomic E-state index is 6.13. The van der Waals surface area contributed by atoms with Crippen molar-refractivity contribution in [1.29, 1.82) is 0 Å². The maximum Gasteiger partial charge on any atom is 0.110 e. The molecule has 4 aromatic rings. The Hall–Kier alpha value is -3.04. The van der Waals surface area contributed by atoms with Crippen molar-refractivity contribution in [3.8, 4) is 11.3 Å². The molecule has 0 spiro atoms. The molecular weight excluding hydrogens is 368 g/mol. The second-order valence-corrected chi connectivity index (χ2v) is 7.58. The number of aryl methyl sites for hydroxylation is 1. The molecule has 3 aromatic carbocycles. The molecule has 4 rings (SSSR count). The molecule has 0 N–H and O–H groups in total. The zero-order valence-corrected chi connectivity index (χ0v) is 18.3. The monoisotopic (exact) mass is 398 g/mol. The fourth-order valence-corrected chi connectivity index (χ4v) is 4.50. The van der Waals surface area contributed by atoms with E-state index in [1.165, 1.54) is 39.0 Å². The molecule has 1 atom stereocenters. The van der Waals surface area contributed by atoms with Gasteiger partial charge in [0.25, 0.3) is 0 Å². The Morgan fingerprint density at radius 2 is 1.47 bits per heavy atom. The molecule has 0 aliphatic heterocycles. The summed E-state index contributed by atoms with van der Waals surface area (Å²) >= 11 is 0. The van der Waals surface area contributed by atoms with Crippen molar-refractivity contribution in [1.82, 2.24) is 4.57 Å². The van der Waals surface area contributed by atoms with Crippen LogP contribution in [0.2, 0.25) is 0 Å². The summed E-state index contributed by atoms with van der Waals surface area (Å²) in [6.45, 7) is 6.39. The molecule has 0 aliphatic carbocycles. The molecule has 154 valence electrons. The number of benzene rings is 3. The minimum Gasteiger partial charge on any atom is -0.372 e. The van der Waals surface area contributed by atoms with Gasteiger partial charge in [-0.3, -0.25) is 0 Å². The maximum atomic E-state index is 6.13. The molecule has 0 bridgehead atoms. The topological polar surface area (TPSA) is 17.4 Å². The molecule has 0 saturated carbocycles. The minimum absolute atomic E-state index is 0.142. The lowest BCUT2D eigenvalue weighted by Crippen LogP contribution is -2.21. The highest BCUT2D eigenvalue weighted by Gasteiger charge is 2.25. The molecular formula is C27H30N2O. The van der Waals surface area contributed by atoms with Crippen molar-refractivity contribution in [3.05, 3.63) is 90.0 Å². The Balaban J connectivity index is 1.89. The predicted molar refractivity (Wildman–Crippen MR) is 127 cm³/mol. The molecule has 0 amide bonds. The van der Waals surface area contributed by atoms with Gasteiger partial charge in [-0.2, -0.15) is 0 Å². The molecule has 1 aromatic heterocycles. The highest BCUT2D eigenvalue weighted by molar-refractivity contribution is 5.92. The van der Waals surface area contributed by atoms with Crippen molar-refractivity contribution < 1.29 is 4.74 Å². The lowest BCUT2D eigenvalue weighted by molar-refractivity contribution is 0.138. The van der Waals surface area contributed by atoms with Crippen LogP contribution in [-0.4, -0.2) is 24.8 Å². The number of nitrogens with zero attached hydrogens (tertiary/aromatic N) is 2. The van der Waals surface area contributed by atoms with E-state index in [1.54, 1.807) is 7.11 Å². The van der Waals surface area contributed by atoms with Crippen LogP contribution in [0, 0.1) is 0 Å². The Morgan fingerprint density at radius 1 is 0.833 bits per heavy atom. The van der Waals surface area contributed by atoms with Gasteiger partial charge >= 0.3 is 0 Å². The first-order chi connectivity index (χ1) is 14.7. The molecule has 3 heteroatoms. The van der Waals surface area contributed by atoms with Gasteiger partial charge in [-0.1, -0.05) is 60.7 Å². The van der Waals surface area contributed by atoms with E-state index in [1.807, 2.05) is 0 Å². The van der Waals surface area contributed by atoms with E-state index >= 15 is 0 Å². The zero-order valence-electron chi connectivity index (χ0n) is 18.3. The smallest absolute Gasteiger partial charge is 0.110 e. The third kappa shape index (κ3) is 3.50. The van der Waals surface area contributed by atoms with Gasteiger partial charge in [0.2, 0.25) is 0 Å². The molecule has 0 fully saturated rings. The average Bonchev–Trinajstić information content (AvgIpc) is 3.09. The summed E-state index contributed by atoms with van der Waals surface area (Å²) in [5, 5.41) is 1.23. The van der Waals surface area contributed by atoms with Gasteiger partial charge in [0.15, 0.2) is 0 Å². The fraction of sp³-hybridized carbons (Fsp3) is 0.259. The summed E-state index contributed by atoms with van der Waals surface area (Å²) in [4.78, 5) is 2.36. The second-order valence-electron chi connectivity index (χ2n) is 7.58. The van der Waals surface area contributed by atoms with Gasteiger partial charge in [0, 0.05) is 49.4 Å². The lowest BCUT2D eigenvalue weighted by atomic mass is 9.95. The number of ether oxygens (including phenoxy) is 1. The predicted octanol–water partition coefficient (Wildman–Crippen LogP) is 6.43. The highest BCUT2D eigenvalue weighted by Crippen LogP contribution is 2.41. The van der Waals surface area contributed by atoms with Gasteiger partial charge < -0.3 is 14.2 Å². The fourth-order valence-electron chi connectivity index (χ4n) is 4.50. The van der Waals surface area contributed by atoms with Crippen LogP contribution in [-0.2, 0) is 11.8 Å². The third-order valence-electron chi connectivity index (χ3n) is 6.02. The second kappa shape index (κ2) is 8.76. The van der Waals surface area contributed by atoms with Gasteiger partial charge in [0.1, 0.15) is 6.10 Å². The molecule has 0 radical (unpaired) electrons. The van der Waals surface area contributed by atoms with E-state index in [-0.39, 0.29) is 6.10 Å². The number of fused-ring (bicyclic) bond motifs is 1. The first kappa shape index (κ1) is 20.2. The van der Waals surface area contributed by atoms with Crippen LogP contribution >= 0.6 is 0 Å². The van der Waals surface area contributed by atoms with Crippen LogP contribution < -0.4 is 4.90 Å². The highest BCUT2D eigenvalue weighted by atomic mass is 16.5. The van der Waals surface area contributed by atoms with Crippen molar-refractivity contribution >= 4 is 16.6 Å². The first-order valence-corrected chi connectivity index (χ1v) is 10.7. The minimum atomic E-state index is -0.142. The molecule has 0 saturated heterocycles. The number of anilines is 1. The molecule has 1 heterocycles. The molecule has 3 nitrogen and oxygen atoms in total. The van der Waals surface area contributed by atoms with Gasteiger partial charge in [-0.05, 0) is 43.2 Å². The Kier molecular flexibility index (Phi) is 5.91. The van der Waals surface area contributed by atoms with Crippen LogP contribution in [0.25, 0.3) is 22.2 Å². The van der Waals surface area contributed by atoms with E-state index < -0.39 is 0 Å². The molecule has 0 aliphatic rings. The van der Waals surface area contributed by atoms with Crippen LogP contribution in [0.5, 0.6) is 0 Å². The number of methoxy groups -OCH3 is 1. The van der Waals surface area contributed by atoms with Gasteiger partial charge in [-0.25, -0.2) is 0 Å². The van der Waals surface area contributed by atoms with E-state index in [4.69, 9.17) is 4.74 Å². The van der Waals surface area contributed by atoms with Crippen LogP contribution in [0.4, 0.5) is 5.69 Å². The summed E-state index contributed by atoms with van der Waals surface area (Å²) in [7, 11) is 3.95. The number of aromatic nitrogens is 1. The van der Waals surface area contributed by atoms with Crippen molar-refractivity contribution in [3.63, 3.8) is 0 Å².